The number of hydrogen-bond acceptors (Lipinski definition) is 5. The van der Waals surface area contributed by atoms with Crippen molar-refractivity contribution in [2.45, 2.75) is 81.5 Å². The molecule has 2 aliphatic carbocycles. The third-order valence-corrected chi connectivity index (χ3v) is 11.8. The average molecular weight is 636 g/mol. The van der Waals surface area contributed by atoms with E-state index in [1.54, 1.807) is 19.2 Å². The number of rotatable bonds is 13. The number of aliphatic hydroxyl groups excluding tert-OH is 1. The van der Waals surface area contributed by atoms with Gasteiger partial charge in [0, 0.05) is 36.3 Å². The minimum Gasteiger partial charge on any atom is -0.493 e. The largest absolute Gasteiger partial charge is 0.493 e. The second-order valence-electron chi connectivity index (χ2n) is 14.1. The molecule has 1 saturated carbocycles. The van der Waals surface area contributed by atoms with Gasteiger partial charge in [-0.15, -0.1) is 0 Å². The zero-order valence-electron chi connectivity index (χ0n) is 27.4. The van der Waals surface area contributed by atoms with E-state index in [0.717, 1.165) is 55.7 Å². The lowest BCUT2D eigenvalue weighted by Crippen LogP contribution is -2.77. The molecule has 7 atom stereocenters. The van der Waals surface area contributed by atoms with Crippen molar-refractivity contribution in [2.75, 3.05) is 20.2 Å². The summed E-state index contributed by atoms with van der Waals surface area (Å²) < 4.78 is 12.9. The number of aryl methyl sites for hydroxylation is 1. The molecule has 4 aliphatic rings. The maximum absolute atomic E-state index is 14.5. The first kappa shape index (κ1) is 31.6. The standard InChI is InChI=1S/C40H46N2O5/c1-3-24-42(25-23-40-31-15-10-16-36(40)47-38-35(46-2)22-18-29(37(38)40)26-32(31)42)41-39(45)30(19-17-27-11-6-4-7-12-27)34(44)21-20-33(43)28-13-8-5-9-14-28/h3-9,11-14,18,22,30-32,34,36,44H,1,10,15-17,19-21,23-26H2,2H3/p+1/t30?,31-,32+,34?,36-,40+,42?/m0/s1. The Morgan fingerprint density at radius 2 is 1.85 bits per heavy atom. The summed E-state index contributed by atoms with van der Waals surface area (Å²) in [6.07, 6.45) is 7.64. The van der Waals surface area contributed by atoms with E-state index in [-0.39, 0.29) is 42.1 Å². The number of ketones is 1. The van der Waals surface area contributed by atoms with Gasteiger partial charge in [0.15, 0.2) is 17.3 Å². The van der Waals surface area contributed by atoms with Crippen LogP contribution in [0, 0.1) is 11.8 Å². The Balaban J connectivity index is 1.17. The number of methoxy groups -OCH3 is 1. The van der Waals surface area contributed by atoms with Crippen LogP contribution in [0.4, 0.5) is 0 Å². The molecule has 2 fully saturated rings. The number of ether oxygens (including phenoxy) is 2. The van der Waals surface area contributed by atoms with Gasteiger partial charge in [-0.3, -0.25) is 9.59 Å². The number of hydrogen-bond donors (Lipinski definition) is 2. The zero-order chi connectivity index (χ0) is 32.6. The highest BCUT2D eigenvalue weighted by Crippen LogP contribution is 2.64. The van der Waals surface area contributed by atoms with Crippen LogP contribution >= 0.6 is 0 Å². The van der Waals surface area contributed by atoms with E-state index in [4.69, 9.17) is 9.47 Å². The van der Waals surface area contributed by atoms with Crippen LogP contribution in [0.15, 0.2) is 85.5 Å². The summed E-state index contributed by atoms with van der Waals surface area (Å²) in [5, 5.41) is 11.6. The quantitative estimate of drug-likeness (QED) is 0.134. The zero-order valence-corrected chi connectivity index (χ0v) is 27.4. The van der Waals surface area contributed by atoms with Gasteiger partial charge < -0.3 is 14.6 Å². The third-order valence-electron chi connectivity index (χ3n) is 11.8. The molecule has 0 radical (unpaired) electrons. The molecule has 2 N–H and O–H groups in total. The molecular formula is C40H47N2O5+. The molecule has 1 amide bonds. The number of amides is 1. The Morgan fingerprint density at radius 3 is 2.60 bits per heavy atom. The molecular weight excluding hydrogens is 588 g/mol. The molecule has 1 spiro atoms. The topological polar surface area (TPSA) is 84.9 Å². The number of likely N-dealkylation sites (tertiary alicyclic amines) is 1. The van der Waals surface area contributed by atoms with Gasteiger partial charge in [-0.05, 0) is 61.8 Å². The molecule has 0 aromatic heterocycles. The van der Waals surface area contributed by atoms with Crippen molar-refractivity contribution < 1.29 is 28.8 Å². The van der Waals surface area contributed by atoms with Crippen LogP contribution in [-0.2, 0) is 23.1 Å². The van der Waals surface area contributed by atoms with Crippen LogP contribution in [0.3, 0.4) is 0 Å². The monoisotopic (exact) mass is 635 g/mol. The summed E-state index contributed by atoms with van der Waals surface area (Å²) in [5.41, 5.74) is 7.89. The first-order chi connectivity index (χ1) is 22.9. The van der Waals surface area contributed by atoms with Crippen molar-refractivity contribution in [1.29, 1.82) is 0 Å². The summed E-state index contributed by atoms with van der Waals surface area (Å²) >= 11 is 0. The number of aliphatic hydroxyl groups is 1. The summed E-state index contributed by atoms with van der Waals surface area (Å²) in [4.78, 5) is 27.5. The van der Waals surface area contributed by atoms with E-state index >= 15 is 0 Å². The van der Waals surface area contributed by atoms with E-state index in [1.807, 2.05) is 48.5 Å². The summed E-state index contributed by atoms with van der Waals surface area (Å²) in [7, 11) is 1.72. The van der Waals surface area contributed by atoms with Gasteiger partial charge in [-0.2, -0.15) is 0 Å². The van der Waals surface area contributed by atoms with Gasteiger partial charge in [0.1, 0.15) is 25.2 Å². The number of nitrogens with zero attached hydrogens (tertiary/aromatic N) is 1. The van der Waals surface area contributed by atoms with Crippen LogP contribution in [0.2, 0.25) is 0 Å². The minimum atomic E-state index is -0.948. The second-order valence-corrected chi connectivity index (χ2v) is 14.1. The molecule has 3 aromatic rings. The fraction of sp³-hybridized carbons (Fsp3) is 0.450. The second kappa shape index (κ2) is 12.9. The van der Waals surface area contributed by atoms with Gasteiger partial charge in [0.05, 0.1) is 24.5 Å². The fourth-order valence-corrected chi connectivity index (χ4v) is 9.59. The lowest BCUT2D eigenvalue weighted by atomic mass is 9.51. The molecule has 2 bridgehead atoms. The molecule has 7 rings (SSSR count). The highest BCUT2D eigenvalue weighted by atomic mass is 16.5. The maximum Gasteiger partial charge on any atom is 0.270 e. The van der Waals surface area contributed by atoms with Crippen LogP contribution in [0.25, 0.3) is 0 Å². The number of piperidine rings is 1. The Kier molecular flexibility index (Phi) is 8.71. The number of carbonyl (C=O) groups is 2. The van der Waals surface area contributed by atoms with E-state index in [1.165, 1.54) is 11.1 Å². The summed E-state index contributed by atoms with van der Waals surface area (Å²) in [6.45, 7) is 5.52. The van der Waals surface area contributed by atoms with Crippen molar-refractivity contribution in [3.8, 4) is 11.5 Å². The summed E-state index contributed by atoms with van der Waals surface area (Å²) in [5.74, 6) is 1.28. The number of Topliss-reactive ketones (excluding diaryl/α,β-unsaturated/α-hetero) is 1. The van der Waals surface area contributed by atoms with E-state index in [9.17, 15) is 14.7 Å². The highest BCUT2D eigenvalue weighted by molar-refractivity contribution is 5.96. The Labute approximate surface area is 278 Å². The Morgan fingerprint density at radius 1 is 1.09 bits per heavy atom. The molecule has 47 heavy (non-hydrogen) atoms. The van der Waals surface area contributed by atoms with Crippen molar-refractivity contribution >= 4 is 11.7 Å². The molecule has 246 valence electrons. The van der Waals surface area contributed by atoms with E-state index in [0.29, 0.717) is 35.5 Å². The number of benzene rings is 3. The number of carbonyl (C=O) groups excluding carboxylic acids is 2. The normalized spacial score (nSPS) is 27.9. The smallest absolute Gasteiger partial charge is 0.270 e. The number of nitrogens with one attached hydrogen (secondary N) is 1. The van der Waals surface area contributed by atoms with E-state index < -0.39 is 12.0 Å². The third kappa shape index (κ3) is 5.47. The van der Waals surface area contributed by atoms with Crippen LogP contribution < -0.4 is 14.9 Å². The van der Waals surface area contributed by atoms with Gasteiger partial charge >= 0.3 is 0 Å². The van der Waals surface area contributed by atoms with Crippen LogP contribution in [0.5, 0.6) is 11.5 Å². The van der Waals surface area contributed by atoms with Crippen LogP contribution in [-0.4, -0.2) is 59.8 Å². The molecule has 3 aromatic carbocycles. The lowest BCUT2D eigenvalue weighted by molar-refractivity contribution is -0.989. The first-order valence-electron chi connectivity index (χ1n) is 17.4. The first-order valence-corrected chi connectivity index (χ1v) is 17.4. The van der Waals surface area contributed by atoms with Gasteiger partial charge in [0.25, 0.3) is 5.91 Å². The number of quaternary nitrogens is 1. The Hall–Kier alpha value is -3.94. The molecule has 7 nitrogen and oxygen atoms in total. The van der Waals surface area contributed by atoms with Gasteiger partial charge in [-0.1, -0.05) is 73.3 Å². The molecule has 7 heteroatoms. The van der Waals surface area contributed by atoms with Gasteiger partial charge in [0.2, 0.25) is 0 Å². The van der Waals surface area contributed by atoms with Gasteiger partial charge in [-0.25, -0.2) is 10.0 Å². The molecule has 2 aliphatic heterocycles. The predicted molar refractivity (Wildman–Crippen MR) is 181 cm³/mol. The predicted octanol–water partition coefficient (Wildman–Crippen LogP) is 6.13. The summed E-state index contributed by atoms with van der Waals surface area (Å²) in [6, 6.07) is 23.7. The SMILES string of the molecule is C=CC[N+]1(NC(=O)C(CCc2ccccc2)C(O)CCC(=O)c2ccccc2)CC[C@]23c4c5ccc(OC)c4O[C@H]2CCC[C@H]3[C@H]1C5. The highest BCUT2D eigenvalue weighted by Gasteiger charge is 2.68. The molecule has 2 heterocycles. The van der Waals surface area contributed by atoms with Crippen molar-refractivity contribution in [1.82, 2.24) is 5.43 Å². The fourth-order valence-electron chi connectivity index (χ4n) is 9.59. The van der Waals surface area contributed by atoms with Crippen molar-refractivity contribution in [2.24, 2.45) is 11.8 Å². The van der Waals surface area contributed by atoms with E-state index in [2.05, 4.69) is 30.2 Å². The average Bonchev–Trinajstić information content (AvgIpc) is 3.44. The van der Waals surface area contributed by atoms with Crippen molar-refractivity contribution in [3.05, 3.63) is 108 Å². The molecule has 1 saturated heterocycles. The Bertz CT molecular complexity index is 1630. The maximum atomic E-state index is 14.5. The minimum absolute atomic E-state index is 0.0224. The lowest BCUT2D eigenvalue weighted by Gasteiger charge is -2.60. The van der Waals surface area contributed by atoms with Crippen molar-refractivity contribution in [3.63, 3.8) is 0 Å². The molecule has 3 unspecified atom stereocenters. The van der Waals surface area contributed by atoms with Crippen LogP contribution in [0.1, 0.15) is 72.0 Å².